The summed E-state index contributed by atoms with van der Waals surface area (Å²) in [5.41, 5.74) is 6.06. The molecule has 0 saturated heterocycles. The van der Waals surface area contributed by atoms with E-state index in [1.807, 2.05) is 43.3 Å². The summed E-state index contributed by atoms with van der Waals surface area (Å²) in [6.45, 7) is 7.46. The maximum atomic E-state index is 5.82. The van der Waals surface area contributed by atoms with Crippen molar-refractivity contribution >= 4 is 22.7 Å². The number of hydrazone groups is 1. The van der Waals surface area contributed by atoms with Gasteiger partial charge in [0.2, 0.25) is 5.13 Å². The normalized spacial score (nSPS) is 11.0. The standard InChI is InChI=1S/C23H27N3O2S/c1-4-6-14-28-20-13-12-18(15-21(20)27-5-2)16-24-26-23-25-22(17(3)29-23)19-10-8-7-9-11-19/h7-13,15-16H,4-6,14H2,1-3H3,(H,25,26)/b24-16-. The zero-order valence-corrected chi connectivity index (χ0v) is 18.0. The lowest BCUT2D eigenvalue weighted by atomic mass is 10.1. The van der Waals surface area contributed by atoms with Gasteiger partial charge >= 0.3 is 0 Å². The van der Waals surface area contributed by atoms with Crippen LogP contribution in [0.3, 0.4) is 0 Å². The number of nitrogens with zero attached hydrogens (tertiary/aromatic N) is 2. The molecule has 6 heteroatoms. The van der Waals surface area contributed by atoms with Crippen molar-refractivity contribution < 1.29 is 9.47 Å². The fourth-order valence-corrected chi connectivity index (χ4v) is 3.57. The number of aryl methyl sites for hydroxylation is 1. The van der Waals surface area contributed by atoms with E-state index in [0.29, 0.717) is 13.2 Å². The number of aromatic nitrogens is 1. The Hall–Kier alpha value is -2.86. The Labute approximate surface area is 176 Å². The van der Waals surface area contributed by atoms with Crippen LogP contribution >= 0.6 is 11.3 Å². The summed E-state index contributed by atoms with van der Waals surface area (Å²) in [7, 11) is 0. The highest BCUT2D eigenvalue weighted by Crippen LogP contribution is 2.30. The SMILES string of the molecule is CCCCOc1ccc(/C=N\Nc2nc(-c3ccccc3)c(C)s2)cc1OCC. The molecule has 0 spiro atoms. The molecule has 0 amide bonds. The Kier molecular flexibility index (Phi) is 7.64. The van der Waals surface area contributed by atoms with Gasteiger partial charge in [0.05, 0.1) is 25.1 Å². The molecule has 2 aromatic carbocycles. The number of nitrogens with one attached hydrogen (secondary N) is 1. The highest BCUT2D eigenvalue weighted by Gasteiger charge is 2.09. The van der Waals surface area contributed by atoms with Crippen LogP contribution in [-0.4, -0.2) is 24.4 Å². The number of anilines is 1. The van der Waals surface area contributed by atoms with Gasteiger partial charge in [0.15, 0.2) is 11.5 Å². The second-order valence-corrected chi connectivity index (χ2v) is 7.70. The van der Waals surface area contributed by atoms with Crippen LogP contribution in [0.25, 0.3) is 11.3 Å². The number of thiazole rings is 1. The molecule has 3 rings (SSSR count). The lowest BCUT2D eigenvalue weighted by Gasteiger charge is -2.12. The zero-order chi connectivity index (χ0) is 20.5. The number of unbranched alkanes of at least 4 members (excludes halogenated alkanes) is 1. The average molecular weight is 410 g/mol. The number of hydrogen-bond acceptors (Lipinski definition) is 6. The largest absolute Gasteiger partial charge is 0.490 e. The van der Waals surface area contributed by atoms with Gasteiger partial charge in [-0.2, -0.15) is 5.10 Å². The van der Waals surface area contributed by atoms with Crippen LogP contribution in [0.4, 0.5) is 5.13 Å². The lowest BCUT2D eigenvalue weighted by molar-refractivity contribution is 0.272. The van der Waals surface area contributed by atoms with Crippen LogP contribution in [-0.2, 0) is 0 Å². The minimum absolute atomic E-state index is 0.587. The summed E-state index contributed by atoms with van der Waals surface area (Å²) in [5, 5.41) is 5.11. The summed E-state index contributed by atoms with van der Waals surface area (Å²) in [4.78, 5) is 5.82. The maximum Gasteiger partial charge on any atom is 0.204 e. The fourth-order valence-electron chi connectivity index (χ4n) is 2.79. The third-order valence-electron chi connectivity index (χ3n) is 4.24. The zero-order valence-electron chi connectivity index (χ0n) is 17.1. The van der Waals surface area contributed by atoms with Crippen molar-refractivity contribution in [1.29, 1.82) is 0 Å². The van der Waals surface area contributed by atoms with Crippen molar-refractivity contribution in [2.75, 3.05) is 18.6 Å². The van der Waals surface area contributed by atoms with Crippen LogP contribution < -0.4 is 14.9 Å². The maximum absolute atomic E-state index is 5.82. The molecule has 1 heterocycles. The Morgan fingerprint density at radius 3 is 2.66 bits per heavy atom. The van der Waals surface area contributed by atoms with E-state index in [1.165, 1.54) is 0 Å². The smallest absolute Gasteiger partial charge is 0.204 e. The van der Waals surface area contributed by atoms with E-state index in [1.54, 1.807) is 17.6 Å². The van der Waals surface area contributed by atoms with Crippen molar-refractivity contribution in [2.45, 2.75) is 33.6 Å². The molecule has 29 heavy (non-hydrogen) atoms. The lowest BCUT2D eigenvalue weighted by Crippen LogP contribution is -2.01. The molecular formula is C23H27N3O2S. The fraction of sp³-hybridized carbons (Fsp3) is 0.304. The van der Waals surface area contributed by atoms with Crippen LogP contribution in [0.2, 0.25) is 0 Å². The van der Waals surface area contributed by atoms with Gasteiger partial charge in [-0.3, -0.25) is 5.43 Å². The van der Waals surface area contributed by atoms with Crippen LogP contribution in [0, 0.1) is 6.92 Å². The van der Waals surface area contributed by atoms with Gasteiger partial charge in [0, 0.05) is 10.4 Å². The van der Waals surface area contributed by atoms with Crippen LogP contribution in [0.5, 0.6) is 11.5 Å². The van der Waals surface area contributed by atoms with Gasteiger partial charge in [-0.05, 0) is 44.0 Å². The van der Waals surface area contributed by atoms with Gasteiger partial charge in [0.1, 0.15) is 0 Å². The van der Waals surface area contributed by atoms with Gasteiger partial charge in [-0.15, -0.1) is 11.3 Å². The highest BCUT2D eigenvalue weighted by atomic mass is 32.1. The predicted octanol–water partition coefficient (Wildman–Crippen LogP) is 6.14. The van der Waals surface area contributed by atoms with E-state index in [9.17, 15) is 0 Å². The second kappa shape index (κ2) is 10.6. The minimum atomic E-state index is 0.587. The molecule has 1 N–H and O–H groups in total. The monoisotopic (exact) mass is 409 g/mol. The van der Waals surface area contributed by atoms with Gasteiger partial charge < -0.3 is 9.47 Å². The topological polar surface area (TPSA) is 55.7 Å². The molecule has 3 aromatic rings. The quantitative estimate of drug-likeness (QED) is 0.248. The van der Waals surface area contributed by atoms with Gasteiger partial charge in [0.25, 0.3) is 0 Å². The molecule has 0 fully saturated rings. The van der Waals surface area contributed by atoms with E-state index in [2.05, 4.69) is 41.5 Å². The molecule has 152 valence electrons. The summed E-state index contributed by atoms with van der Waals surface area (Å²) in [5.74, 6) is 1.51. The molecule has 0 unspecified atom stereocenters. The van der Waals surface area contributed by atoms with Crippen molar-refractivity contribution in [3.05, 3.63) is 59.0 Å². The van der Waals surface area contributed by atoms with Crippen molar-refractivity contribution in [1.82, 2.24) is 4.98 Å². The molecule has 0 aliphatic rings. The van der Waals surface area contributed by atoms with E-state index >= 15 is 0 Å². The summed E-state index contributed by atoms with van der Waals surface area (Å²) >= 11 is 1.59. The molecule has 0 saturated carbocycles. The molecular weight excluding hydrogens is 382 g/mol. The first-order chi connectivity index (χ1) is 14.2. The Balaban J connectivity index is 1.68. The van der Waals surface area contributed by atoms with Crippen molar-refractivity contribution in [2.24, 2.45) is 5.10 Å². The molecule has 5 nitrogen and oxygen atoms in total. The first-order valence-corrected chi connectivity index (χ1v) is 10.7. The second-order valence-electron chi connectivity index (χ2n) is 6.50. The summed E-state index contributed by atoms with van der Waals surface area (Å²) < 4.78 is 11.5. The minimum Gasteiger partial charge on any atom is -0.490 e. The van der Waals surface area contributed by atoms with Crippen LogP contribution in [0.1, 0.15) is 37.1 Å². The first kappa shape index (κ1) is 20.9. The average Bonchev–Trinajstić information content (AvgIpc) is 3.11. The molecule has 1 aromatic heterocycles. The summed E-state index contributed by atoms with van der Waals surface area (Å²) in [6, 6.07) is 16.0. The molecule has 0 aliphatic heterocycles. The van der Waals surface area contributed by atoms with E-state index in [0.717, 1.165) is 51.2 Å². The van der Waals surface area contributed by atoms with Crippen LogP contribution in [0.15, 0.2) is 53.6 Å². The third kappa shape index (κ3) is 5.81. The third-order valence-corrected chi connectivity index (χ3v) is 5.12. The van der Waals surface area contributed by atoms with E-state index < -0.39 is 0 Å². The number of hydrogen-bond donors (Lipinski definition) is 1. The van der Waals surface area contributed by atoms with E-state index in [4.69, 9.17) is 9.47 Å². The van der Waals surface area contributed by atoms with Gasteiger partial charge in [-0.1, -0.05) is 43.7 Å². The molecule has 0 radical (unpaired) electrons. The summed E-state index contributed by atoms with van der Waals surface area (Å²) in [6.07, 6.45) is 3.89. The molecule has 0 atom stereocenters. The van der Waals surface area contributed by atoms with Crippen molar-refractivity contribution in [3.8, 4) is 22.8 Å². The Morgan fingerprint density at radius 2 is 1.90 bits per heavy atom. The van der Waals surface area contributed by atoms with Crippen molar-refractivity contribution in [3.63, 3.8) is 0 Å². The molecule has 0 bridgehead atoms. The highest BCUT2D eigenvalue weighted by molar-refractivity contribution is 7.15. The number of benzene rings is 2. The Bertz CT molecular complexity index is 939. The number of rotatable bonds is 10. The first-order valence-electron chi connectivity index (χ1n) is 9.92. The number of ether oxygens (including phenoxy) is 2. The molecule has 0 aliphatic carbocycles. The van der Waals surface area contributed by atoms with Gasteiger partial charge in [-0.25, -0.2) is 4.98 Å². The van der Waals surface area contributed by atoms with E-state index in [-0.39, 0.29) is 0 Å². The Morgan fingerprint density at radius 1 is 1.07 bits per heavy atom. The predicted molar refractivity (Wildman–Crippen MR) is 122 cm³/mol.